The second kappa shape index (κ2) is 6.45. The van der Waals surface area contributed by atoms with Crippen LogP contribution in [0.4, 0.5) is 0 Å². The minimum atomic E-state index is -0.104. The molecule has 0 saturated carbocycles. The number of carbonyl (C=O) groups excluding carboxylic acids is 1. The van der Waals surface area contributed by atoms with Gasteiger partial charge in [0.25, 0.3) is 5.91 Å². The van der Waals surface area contributed by atoms with Crippen LogP contribution in [0.5, 0.6) is 0 Å². The molecule has 0 heterocycles. The Balaban J connectivity index is 1.63. The van der Waals surface area contributed by atoms with Crippen LogP contribution in [0.2, 0.25) is 0 Å². The second-order valence-corrected chi connectivity index (χ2v) is 7.64. The van der Waals surface area contributed by atoms with Gasteiger partial charge in [-0.15, -0.1) is 0 Å². The molecule has 0 aromatic heterocycles. The van der Waals surface area contributed by atoms with E-state index in [1.54, 1.807) is 0 Å². The molecule has 0 radical (unpaired) electrons. The Kier molecular flexibility index (Phi) is 4.12. The van der Waals surface area contributed by atoms with Crippen LogP contribution in [0.3, 0.4) is 0 Å². The largest absolute Gasteiger partial charge is 0.351 e. The first kappa shape index (κ1) is 16.6. The fourth-order valence-corrected chi connectivity index (χ4v) is 4.10. The zero-order valence-corrected chi connectivity index (χ0v) is 15.2. The fourth-order valence-electron chi connectivity index (χ4n) is 4.10. The Labute approximate surface area is 154 Å². The first-order chi connectivity index (χ1) is 12.6. The Morgan fingerprint density at radius 2 is 1.31 bits per heavy atom. The van der Waals surface area contributed by atoms with Crippen LogP contribution in [-0.2, 0) is 0 Å². The zero-order chi connectivity index (χ0) is 18.1. The van der Waals surface area contributed by atoms with Crippen LogP contribution >= 0.6 is 0 Å². The van der Waals surface area contributed by atoms with E-state index in [1.807, 2.05) is 30.3 Å². The molecular weight excluding hydrogens is 318 g/mol. The van der Waals surface area contributed by atoms with E-state index in [2.05, 4.69) is 67.7 Å². The number of fused-ring (bicyclic) bond motifs is 3. The summed E-state index contributed by atoms with van der Waals surface area (Å²) in [6.45, 7) is 5.09. The van der Waals surface area contributed by atoms with E-state index in [0.29, 0.717) is 12.1 Å². The van der Waals surface area contributed by atoms with Gasteiger partial charge >= 0.3 is 0 Å². The lowest BCUT2D eigenvalue weighted by Gasteiger charge is -2.33. The number of amides is 1. The van der Waals surface area contributed by atoms with Gasteiger partial charge in [-0.05, 0) is 39.8 Å². The summed E-state index contributed by atoms with van der Waals surface area (Å²) < 4.78 is 0. The van der Waals surface area contributed by atoms with Crippen molar-refractivity contribution in [2.75, 3.05) is 6.54 Å². The summed E-state index contributed by atoms with van der Waals surface area (Å²) in [6.07, 6.45) is 0. The zero-order valence-electron chi connectivity index (χ0n) is 15.2. The third-order valence-electron chi connectivity index (χ3n) is 5.36. The van der Waals surface area contributed by atoms with Crippen LogP contribution in [0.15, 0.2) is 78.9 Å². The second-order valence-electron chi connectivity index (χ2n) is 7.64. The molecular formula is C24H23NO. The van der Waals surface area contributed by atoms with Crippen molar-refractivity contribution >= 4 is 5.91 Å². The van der Waals surface area contributed by atoms with E-state index < -0.39 is 0 Å². The van der Waals surface area contributed by atoms with E-state index in [9.17, 15) is 4.79 Å². The third-order valence-corrected chi connectivity index (χ3v) is 5.36. The molecule has 0 unspecified atom stereocenters. The average Bonchev–Trinajstić information content (AvgIpc) is 3.02. The van der Waals surface area contributed by atoms with Crippen LogP contribution in [0.25, 0.3) is 11.1 Å². The van der Waals surface area contributed by atoms with Gasteiger partial charge in [0.1, 0.15) is 0 Å². The van der Waals surface area contributed by atoms with Crippen molar-refractivity contribution in [1.82, 2.24) is 5.32 Å². The van der Waals surface area contributed by atoms with E-state index in [-0.39, 0.29) is 17.2 Å². The molecule has 0 spiro atoms. The molecule has 26 heavy (non-hydrogen) atoms. The van der Waals surface area contributed by atoms with Gasteiger partial charge in [-0.2, -0.15) is 0 Å². The lowest BCUT2D eigenvalue weighted by Crippen LogP contribution is -2.37. The van der Waals surface area contributed by atoms with Crippen molar-refractivity contribution in [2.45, 2.75) is 19.8 Å². The topological polar surface area (TPSA) is 29.1 Å². The average molecular weight is 341 g/mol. The van der Waals surface area contributed by atoms with Crippen LogP contribution in [0.1, 0.15) is 41.3 Å². The van der Waals surface area contributed by atoms with Crippen molar-refractivity contribution in [3.63, 3.8) is 0 Å². The fraction of sp³-hybridized carbons (Fsp3) is 0.208. The molecule has 1 amide bonds. The number of benzene rings is 3. The van der Waals surface area contributed by atoms with Gasteiger partial charge < -0.3 is 5.32 Å². The molecule has 3 aromatic rings. The maximum atomic E-state index is 12.5. The monoisotopic (exact) mass is 341 g/mol. The number of rotatable bonds is 4. The molecule has 1 aliphatic carbocycles. The molecule has 1 N–H and O–H groups in total. The SMILES string of the molecule is CC(C)(CNC(=O)c1ccccc1)C1c2ccccc2-c2ccccc21. The van der Waals surface area contributed by atoms with Gasteiger partial charge in [-0.3, -0.25) is 4.79 Å². The first-order valence-electron chi connectivity index (χ1n) is 9.09. The highest BCUT2D eigenvalue weighted by Crippen LogP contribution is 2.52. The van der Waals surface area contributed by atoms with E-state index in [4.69, 9.17) is 0 Å². The summed E-state index contributed by atoms with van der Waals surface area (Å²) in [6, 6.07) is 26.7. The predicted octanol–water partition coefficient (Wildman–Crippen LogP) is 5.26. The quantitative estimate of drug-likeness (QED) is 0.689. The van der Waals surface area contributed by atoms with Crippen LogP contribution < -0.4 is 5.32 Å². The van der Waals surface area contributed by atoms with Crippen molar-refractivity contribution in [1.29, 1.82) is 0 Å². The molecule has 2 heteroatoms. The van der Waals surface area contributed by atoms with Crippen LogP contribution in [0, 0.1) is 5.41 Å². The summed E-state index contributed by atoms with van der Waals surface area (Å²) in [5, 5.41) is 3.14. The maximum absolute atomic E-state index is 12.5. The van der Waals surface area contributed by atoms with Gasteiger partial charge in [0.15, 0.2) is 0 Å². The smallest absolute Gasteiger partial charge is 0.251 e. The number of carbonyl (C=O) groups is 1. The molecule has 0 bridgehead atoms. The Morgan fingerprint density at radius 1 is 0.808 bits per heavy atom. The van der Waals surface area contributed by atoms with Crippen LogP contribution in [-0.4, -0.2) is 12.5 Å². The standard InChI is InChI=1S/C24H23NO/c1-24(2,16-25-23(26)17-10-4-3-5-11-17)22-20-14-8-6-12-18(20)19-13-7-9-15-21(19)22/h3-15,22H,16H2,1-2H3,(H,25,26). The molecule has 0 aliphatic heterocycles. The minimum absolute atomic E-state index is 0.0155. The number of hydrogen-bond acceptors (Lipinski definition) is 1. The normalized spacial score (nSPS) is 13.2. The first-order valence-corrected chi connectivity index (χ1v) is 9.09. The molecule has 0 atom stereocenters. The highest BCUT2D eigenvalue weighted by atomic mass is 16.1. The summed E-state index contributed by atoms with van der Waals surface area (Å²) in [5.41, 5.74) is 5.94. The Bertz CT molecular complexity index is 898. The van der Waals surface area contributed by atoms with Crippen molar-refractivity contribution in [2.24, 2.45) is 5.41 Å². The maximum Gasteiger partial charge on any atom is 0.251 e. The molecule has 3 aromatic carbocycles. The van der Waals surface area contributed by atoms with E-state index >= 15 is 0 Å². The number of nitrogens with one attached hydrogen (secondary N) is 1. The minimum Gasteiger partial charge on any atom is -0.351 e. The third kappa shape index (κ3) is 2.82. The Hall–Kier alpha value is -2.87. The summed E-state index contributed by atoms with van der Waals surface area (Å²) >= 11 is 0. The van der Waals surface area contributed by atoms with E-state index in [1.165, 1.54) is 22.3 Å². The van der Waals surface area contributed by atoms with Crippen molar-refractivity contribution < 1.29 is 4.79 Å². The van der Waals surface area contributed by atoms with Gasteiger partial charge in [-0.25, -0.2) is 0 Å². The van der Waals surface area contributed by atoms with Gasteiger partial charge in [-0.1, -0.05) is 80.6 Å². The summed E-state index contributed by atoms with van der Waals surface area (Å²) in [5.74, 6) is 0.254. The molecule has 2 nitrogen and oxygen atoms in total. The van der Waals surface area contributed by atoms with Gasteiger partial charge in [0.05, 0.1) is 0 Å². The highest BCUT2D eigenvalue weighted by molar-refractivity contribution is 5.94. The van der Waals surface area contributed by atoms with E-state index in [0.717, 1.165) is 0 Å². The lowest BCUT2D eigenvalue weighted by molar-refractivity contribution is 0.0933. The van der Waals surface area contributed by atoms with Gasteiger partial charge in [0.2, 0.25) is 0 Å². The molecule has 1 aliphatic rings. The highest BCUT2D eigenvalue weighted by Gasteiger charge is 2.39. The molecule has 130 valence electrons. The molecule has 0 saturated heterocycles. The molecule has 4 rings (SSSR count). The predicted molar refractivity (Wildman–Crippen MR) is 106 cm³/mol. The van der Waals surface area contributed by atoms with Crippen molar-refractivity contribution in [3.05, 3.63) is 95.6 Å². The Morgan fingerprint density at radius 3 is 1.88 bits per heavy atom. The lowest BCUT2D eigenvalue weighted by atomic mass is 9.73. The summed E-state index contributed by atoms with van der Waals surface area (Å²) in [7, 11) is 0. The molecule has 0 fully saturated rings. The summed E-state index contributed by atoms with van der Waals surface area (Å²) in [4.78, 5) is 12.5. The van der Waals surface area contributed by atoms with Crippen molar-refractivity contribution in [3.8, 4) is 11.1 Å². The number of hydrogen-bond donors (Lipinski definition) is 1. The van der Waals surface area contributed by atoms with Gasteiger partial charge in [0, 0.05) is 18.0 Å².